The van der Waals surface area contributed by atoms with E-state index in [1.165, 1.54) is 33.5 Å². The monoisotopic (exact) mass is 505 g/mol. The molecule has 0 saturated heterocycles. The lowest BCUT2D eigenvalue weighted by atomic mass is 9.97. The van der Waals surface area contributed by atoms with Crippen LogP contribution >= 0.6 is 0 Å². The summed E-state index contributed by atoms with van der Waals surface area (Å²) in [5, 5.41) is 0. The Balaban J connectivity index is 1.42. The molecule has 6 rings (SSSR count). The molecule has 39 heavy (non-hydrogen) atoms. The van der Waals surface area contributed by atoms with Crippen LogP contribution in [0.15, 0.2) is 134 Å². The van der Waals surface area contributed by atoms with E-state index in [9.17, 15) is 0 Å². The number of aromatic nitrogens is 2. The normalized spacial score (nSPS) is 10.9. The van der Waals surface area contributed by atoms with Gasteiger partial charge < -0.3 is 4.90 Å². The molecule has 6 aromatic rings. The number of hydrogen-bond donors (Lipinski definition) is 0. The average molecular weight is 506 g/mol. The lowest BCUT2D eigenvalue weighted by Gasteiger charge is -2.26. The van der Waals surface area contributed by atoms with Crippen LogP contribution in [0.25, 0.3) is 28.2 Å². The first kappa shape index (κ1) is 24.4. The molecule has 3 heteroatoms. The Morgan fingerprint density at radius 3 is 1.77 bits per heavy atom. The van der Waals surface area contributed by atoms with E-state index in [2.05, 4.69) is 158 Å². The lowest BCUT2D eigenvalue weighted by Crippen LogP contribution is -2.09. The molecule has 0 aliphatic carbocycles. The van der Waals surface area contributed by atoms with Crippen molar-refractivity contribution in [1.29, 1.82) is 0 Å². The van der Waals surface area contributed by atoms with Gasteiger partial charge in [-0.1, -0.05) is 72.8 Å². The molecule has 190 valence electrons. The van der Waals surface area contributed by atoms with Gasteiger partial charge in [0.15, 0.2) is 0 Å². The second-order valence-corrected chi connectivity index (χ2v) is 9.95. The number of benzene rings is 5. The van der Waals surface area contributed by atoms with E-state index in [4.69, 9.17) is 4.98 Å². The van der Waals surface area contributed by atoms with E-state index in [1.807, 2.05) is 6.20 Å². The van der Waals surface area contributed by atoms with E-state index in [-0.39, 0.29) is 0 Å². The van der Waals surface area contributed by atoms with Crippen LogP contribution in [0.3, 0.4) is 0 Å². The largest absolute Gasteiger partial charge is 0.310 e. The quantitative estimate of drug-likeness (QED) is 0.225. The van der Waals surface area contributed by atoms with Gasteiger partial charge in [0, 0.05) is 35.0 Å². The zero-order valence-corrected chi connectivity index (χ0v) is 22.5. The highest BCUT2D eigenvalue weighted by Gasteiger charge is 2.16. The van der Waals surface area contributed by atoms with Gasteiger partial charge >= 0.3 is 0 Å². The summed E-state index contributed by atoms with van der Waals surface area (Å²) in [6, 6.07) is 42.9. The first-order valence-electron chi connectivity index (χ1n) is 13.3. The summed E-state index contributed by atoms with van der Waals surface area (Å²) < 4.78 is 2.22. The number of nitrogens with zero attached hydrogens (tertiary/aromatic N) is 3. The fourth-order valence-electron chi connectivity index (χ4n) is 5.44. The number of anilines is 3. The van der Waals surface area contributed by atoms with E-state index in [0.29, 0.717) is 0 Å². The van der Waals surface area contributed by atoms with Gasteiger partial charge in [-0.3, -0.25) is 4.57 Å². The molecule has 0 unspecified atom stereocenters. The lowest BCUT2D eigenvalue weighted by molar-refractivity contribution is 1.03. The molecule has 0 atom stereocenters. The molecular weight excluding hydrogens is 474 g/mol. The summed E-state index contributed by atoms with van der Waals surface area (Å²) in [4.78, 5) is 7.04. The summed E-state index contributed by atoms with van der Waals surface area (Å²) in [5.41, 5.74) is 11.8. The summed E-state index contributed by atoms with van der Waals surface area (Å²) in [6.07, 6.45) is 3.95. The van der Waals surface area contributed by atoms with Gasteiger partial charge in [-0.15, -0.1) is 0 Å². The van der Waals surface area contributed by atoms with Crippen molar-refractivity contribution in [3.05, 3.63) is 150 Å². The molecule has 1 heterocycles. The van der Waals surface area contributed by atoms with Crippen LogP contribution in [0.5, 0.6) is 0 Å². The smallest absolute Gasteiger partial charge is 0.144 e. The fourth-order valence-corrected chi connectivity index (χ4v) is 5.44. The molecular formula is C36H31N3. The van der Waals surface area contributed by atoms with Crippen molar-refractivity contribution in [2.75, 3.05) is 4.90 Å². The molecule has 1 aromatic heterocycles. The first-order chi connectivity index (χ1) is 19.1. The van der Waals surface area contributed by atoms with Gasteiger partial charge in [0.05, 0.1) is 5.69 Å². The van der Waals surface area contributed by atoms with Crippen molar-refractivity contribution in [3.8, 4) is 28.2 Å². The van der Waals surface area contributed by atoms with E-state index >= 15 is 0 Å². The van der Waals surface area contributed by atoms with Crippen molar-refractivity contribution in [2.45, 2.75) is 20.8 Å². The van der Waals surface area contributed by atoms with Gasteiger partial charge in [-0.2, -0.15) is 0 Å². The molecule has 5 aromatic carbocycles. The maximum atomic E-state index is 4.73. The minimum atomic E-state index is 0.968. The second kappa shape index (κ2) is 10.5. The zero-order chi connectivity index (χ0) is 26.8. The van der Waals surface area contributed by atoms with E-state index in [1.54, 1.807) is 0 Å². The zero-order valence-electron chi connectivity index (χ0n) is 22.5. The molecule has 0 radical (unpaired) electrons. The molecule has 0 amide bonds. The summed E-state index contributed by atoms with van der Waals surface area (Å²) >= 11 is 0. The number of aryl methyl sites for hydroxylation is 3. The van der Waals surface area contributed by atoms with Crippen LogP contribution in [0.4, 0.5) is 17.1 Å². The predicted octanol–water partition coefficient (Wildman–Crippen LogP) is 9.60. The Bertz CT molecular complexity index is 1670. The highest BCUT2D eigenvalue weighted by molar-refractivity contribution is 5.80. The number of imidazole rings is 1. The van der Waals surface area contributed by atoms with Gasteiger partial charge in [0.2, 0.25) is 0 Å². The highest BCUT2D eigenvalue weighted by Crippen LogP contribution is 2.37. The maximum absolute atomic E-state index is 4.73. The Morgan fingerprint density at radius 2 is 1.13 bits per heavy atom. The minimum absolute atomic E-state index is 0.968. The summed E-state index contributed by atoms with van der Waals surface area (Å²) in [5.74, 6) is 0.968. The van der Waals surface area contributed by atoms with Gasteiger partial charge in [-0.25, -0.2) is 4.98 Å². The fraction of sp³-hybridized carbons (Fsp3) is 0.0833. The van der Waals surface area contributed by atoms with Crippen molar-refractivity contribution in [1.82, 2.24) is 9.55 Å². The van der Waals surface area contributed by atoms with Crippen LogP contribution < -0.4 is 4.90 Å². The average Bonchev–Trinajstić information content (AvgIpc) is 3.43. The van der Waals surface area contributed by atoms with Crippen molar-refractivity contribution in [2.24, 2.45) is 0 Å². The molecule has 0 aliphatic heterocycles. The van der Waals surface area contributed by atoms with Crippen molar-refractivity contribution >= 4 is 17.1 Å². The first-order valence-corrected chi connectivity index (χ1v) is 13.3. The molecule has 0 saturated carbocycles. The third kappa shape index (κ3) is 4.75. The van der Waals surface area contributed by atoms with Crippen molar-refractivity contribution < 1.29 is 0 Å². The van der Waals surface area contributed by atoms with Gasteiger partial charge in [0.1, 0.15) is 5.82 Å². The Hall–Kier alpha value is -4.89. The van der Waals surface area contributed by atoms with Crippen LogP contribution in [0.2, 0.25) is 0 Å². The minimum Gasteiger partial charge on any atom is -0.310 e. The molecule has 0 N–H and O–H groups in total. The van der Waals surface area contributed by atoms with Crippen LogP contribution in [-0.4, -0.2) is 9.55 Å². The Morgan fingerprint density at radius 1 is 0.538 bits per heavy atom. The summed E-state index contributed by atoms with van der Waals surface area (Å²) in [6.45, 7) is 6.52. The maximum Gasteiger partial charge on any atom is 0.144 e. The molecule has 3 nitrogen and oxygen atoms in total. The Kier molecular flexibility index (Phi) is 6.56. The van der Waals surface area contributed by atoms with Gasteiger partial charge in [0.25, 0.3) is 0 Å². The Labute approximate surface area is 230 Å². The summed E-state index contributed by atoms with van der Waals surface area (Å²) in [7, 11) is 0. The SMILES string of the molecule is Cc1ccccc1-c1nccn1-c1c(C)cc(-c2cccc(N(c3ccccc3)c3ccccc3)c2)cc1C. The number of para-hydroxylation sites is 2. The van der Waals surface area contributed by atoms with E-state index in [0.717, 1.165) is 28.5 Å². The highest BCUT2D eigenvalue weighted by atomic mass is 15.1. The van der Waals surface area contributed by atoms with Crippen LogP contribution in [-0.2, 0) is 0 Å². The topological polar surface area (TPSA) is 21.1 Å². The molecule has 0 aliphatic rings. The molecule has 0 spiro atoms. The van der Waals surface area contributed by atoms with Crippen LogP contribution in [0.1, 0.15) is 16.7 Å². The second-order valence-electron chi connectivity index (χ2n) is 9.95. The predicted molar refractivity (Wildman–Crippen MR) is 163 cm³/mol. The number of hydrogen-bond acceptors (Lipinski definition) is 2. The third-order valence-corrected chi connectivity index (χ3v) is 7.23. The van der Waals surface area contributed by atoms with Gasteiger partial charge in [-0.05, 0) is 97.1 Å². The van der Waals surface area contributed by atoms with Crippen LogP contribution in [0, 0.1) is 20.8 Å². The molecule has 0 bridgehead atoms. The van der Waals surface area contributed by atoms with E-state index < -0.39 is 0 Å². The molecule has 0 fully saturated rings. The standard InChI is InChI=1S/C36H31N3/c1-26-13-10-11-20-34(26)36-37-21-22-38(36)35-27(2)23-30(24-28(35)3)29-14-12-19-33(25-29)39(31-15-6-4-7-16-31)32-17-8-5-9-18-32/h4-25H,1-3H3. The third-order valence-electron chi connectivity index (χ3n) is 7.23. The van der Waals surface area contributed by atoms with Crippen molar-refractivity contribution in [3.63, 3.8) is 0 Å². The number of rotatable bonds is 6.